The zero-order valence-corrected chi connectivity index (χ0v) is 11.6. The molecule has 0 unspecified atom stereocenters. The average molecular weight is 270 g/mol. The van der Waals surface area contributed by atoms with Crippen molar-refractivity contribution >= 4 is 21.5 Å². The van der Waals surface area contributed by atoms with Crippen LogP contribution in [0, 0.1) is 0 Å². The highest BCUT2D eigenvalue weighted by atomic mass is 32.2. The van der Waals surface area contributed by atoms with Crippen LogP contribution in [0.2, 0.25) is 0 Å². The second kappa shape index (κ2) is 5.97. The summed E-state index contributed by atoms with van der Waals surface area (Å²) in [7, 11) is -0.168. The predicted molar refractivity (Wildman–Crippen MR) is 72.6 cm³/mol. The molecule has 0 saturated carbocycles. The Bertz CT molecular complexity index is 526. The molecule has 0 atom stereocenters. The summed E-state index contributed by atoms with van der Waals surface area (Å²) in [5, 5.41) is 2.80. The third-order valence-electron chi connectivity index (χ3n) is 2.64. The minimum absolute atomic E-state index is 0.0182. The van der Waals surface area contributed by atoms with Crippen molar-refractivity contribution in [1.29, 1.82) is 0 Å². The Morgan fingerprint density at radius 2 is 2.06 bits per heavy atom. The number of nitrogens with zero attached hydrogens (tertiary/aromatic N) is 1. The Kier molecular flexibility index (Phi) is 4.86. The van der Waals surface area contributed by atoms with Crippen LogP contribution in [-0.2, 0) is 10.0 Å². The second-order valence-electron chi connectivity index (χ2n) is 3.99. The SMILES string of the molecule is CNCCS(=O)(=O)N(C)c1cccc(C(C)=O)c1. The van der Waals surface area contributed by atoms with Gasteiger partial charge in [-0.3, -0.25) is 9.10 Å². The molecule has 1 N–H and O–H groups in total. The van der Waals surface area contributed by atoms with Crippen molar-refractivity contribution in [3.63, 3.8) is 0 Å². The molecule has 0 aromatic heterocycles. The first-order chi connectivity index (χ1) is 8.38. The maximum Gasteiger partial charge on any atom is 0.236 e. The topological polar surface area (TPSA) is 66.5 Å². The van der Waals surface area contributed by atoms with E-state index in [2.05, 4.69) is 5.32 Å². The third-order valence-corrected chi connectivity index (χ3v) is 4.41. The van der Waals surface area contributed by atoms with E-state index in [1.807, 2.05) is 0 Å². The molecule has 1 rings (SSSR count). The largest absolute Gasteiger partial charge is 0.319 e. The van der Waals surface area contributed by atoms with Crippen molar-refractivity contribution in [2.75, 3.05) is 30.7 Å². The molecule has 0 bridgehead atoms. The third kappa shape index (κ3) is 3.54. The van der Waals surface area contributed by atoms with E-state index in [-0.39, 0.29) is 11.5 Å². The Labute approximate surface area is 108 Å². The summed E-state index contributed by atoms with van der Waals surface area (Å²) in [6, 6.07) is 6.60. The Balaban J connectivity index is 3.00. The predicted octanol–water partition coefficient (Wildman–Crippen LogP) is 0.875. The zero-order valence-electron chi connectivity index (χ0n) is 10.8. The summed E-state index contributed by atoms with van der Waals surface area (Å²) >= 11 is 0. The fourth-order valence-corrected chi connectivity index (χ4v) is 2.62. The van der Waals surface area contributed by atoms with Gasteiger partial charge in [0.2, 0.25) is 10.0 Å². The van der Waals surface area contributed by atoms with E-state index in [0.29, 0.717) is 17.8 Å². The summed E-state index contributed by atoms with van der Waals surface area (Å²) in [5.74, 6) is -0.0671. The number of carbonyl (C=O) groups excluding carboxylic acids is 1. The quantitative estimate of drug-likeness (QED) is 0.779. The molecule has 0 amide bonds. The molecule has 0 radical (unpaired) electrons. The smallest absolute Gasteiger partial charge is 0.236 e. The summed E-state index contributed by atoms with van der Waals surface area (Å²) < 4.78 is 25.1. The molecule has 6 heteroatoms. The maximum absolute atomic E-state index is 12.0. The van der Waals surface area contributed by atoms with E-state index in [1.165, 1.54) is 18.3 Å². The van der Waals surface area contributed by atoms with E-state index in [9.17, 15) is 13.2 Å². The van der Waals surface area contributed by atoms with Crippen LogP contribution in [0.3, 0.4) is 0 Å². The lowest BCUT2D eigenvalue weighted by atomic mass is 10.1. The molecule has 0 aliphatic carbocycles. The van der Waals surface area contributed by atoms with Gasteiger partial charge < -0.3 is 5.32 Å². The lowest BCUT2D eigenvalue weighted by molar-refractivity contribution is 0.101. The van der Waals surface area contributed by atoms with Gasteiger partial charge >= 0.3 is 0 Å². The van der Waals surface area contributed by atoms with Gasteiger partial charge in [-0.1, -0.05) is 12.1 Å². The van der Waals surface area contributed by atoms with E-state index in [1.54, 1.807) is 31.3 Å². The van der Waals surface area contributed by atoms with Gasteiger partial charge in [-0.25, -0.2) is 8.42 Å². The van der Waals surface area contributed by atoms with Gasteiger partial charge in [0.15, 0.2) is 5.78 Å². The number of nitrogens with one attached hydrogen (secondary N) is 1. The number of benzene rings is 1. The Morgan fingerprint density at radius 1 is 1.39 bits per heavy atom. The van der Waals surface area contributed by atoms with Crippen LogP contribution in [0.4, 0.5) is 5.69 Å². The van der Waals surface area contributed by atoms with Crippen molar-refractivity contribution in [3.8, 4) is 0 Å². The summed E-state index contributed by atoms with van der Waals surface area (Å²) in [6.45, 7) is 1.84. The number of anilines is 1. The first-order valence-corrected chi connectivity index (χ1v) is 7.21. The molecule has 5 nitrogen and oxygen atoms in total. The van der Waals surface area contributed by atoms with Crippen LogP contribution < -0.4 is 9.62 Å². The highest BCUT2D eigenvalue weighted by molar-refractivity contribution is 7.92. The van der Waals surface area contributed by atoms with Gasteiger partial charge in [0.1, 0.15) is 0 Å². The van der Waals surface area contributed by atoms with Gasteiger partial charge in [-0.05, 0) is 26.1 Å². The number of hydrogen-bond acceptors (Lipinski definition) is 4. The molecule has 1 aromatic carbocycles. The fourth-order valence-electron chi connectivity index (χ4n) is 1.45. The van der Waals surface area contributed by atoms with Crippen molar-refractivity contribution in [3.05, 3.63) is 29.8 Å². The molecule has 0 heterocycles. The van der Waals surface area contributed by atoms with Crippen molar-refractivity contribution in [2.24, 2.45) is 0 Å². The average Bonchev–Trinajstić information content (AvgIpc) is 2.35. The zero-order chi connectivity index (χ0) is 13.8. The molecule has 1 aromatic rings. The van der Waals surface area contributed by atoms with Gasteiger partial charge in [0.05, 0.1) is 11.4 Å². The monoisotopic (exact) mass is 270 g/mol. The van der Waals surface area contributed by atoms with Crippen LogP contribution in [0.15, 0.2) is 24.3 Å². The number of carbonyl (C=O) groups is 1. The van der Waals surface area contributed by atoms with Crippen LogP contribution in [-0.4, -0.2) is 40.6 Å². The summed E-state index contributed by atoms with van der Waals surface area (Å²) in [5.41, 5.74) is 1.00. The first-order valence-electron chi connectivity index (χ1n) is 5.60. The number of Topliss-reactive ketones (excluding diaryl/α,β-unsaturated/α-hetero) is 1. The van der Waals surface area contributed by atoms with Crippen LogP contribution in [0.1, 0.15) is 17.3 Å². The molecule has 0 aliphatic heterocycles. The molecular weight excluding hydrogens is 252 g/mol. The molecule has 0 fully saturated rings. The minimum atomic E-state index is -3.36. The van der Waals surface area contributed by atoms with E-state index >= 15 is 0 Å². The number of rotatable bonds is 6. The number of hydrogen-bond donors (Lipinski definition) is 1. The van der Waals surface area contributed by atoms with Gasteiger partial charge in [-0.15, -0.1) is 0 Å². The molecule has 0 spiro atoms. The van der Waals surface area contributed by atoms with Gasteiger partial charge in [-0.2, -0.15) is 0 Å². The van der Waals surface area contributed by atoms with Gasteiger partial charge in [0.25, 0.3) is 0 Å². The molecule has 100 valence electrons. The Hall–Kier alpha value is -1.40. The van der Waals surface area contributed by atoms with Crippen LogP contribution in [0.5, 0.6) is 0 Å². The summed E-state index contributed by atoms with van der Waals surface area (Å²) in [4.78, 5) is 11.3. The standard InChI is InChI=1S/C12H18N2O3S/c1-10(15)11-5-4-6-12(9-11)14(3)18(16,17)8-7-13-2/h4-6,9,13H,7-8H2,1-3H3. The molecule has 0 aliphatic rings. The van der Waals surface area contributed by atoms with E-state index in [0.717, 1.165) is 0 Å². The van der Waals surface area contributed by atoms with E-state index in [4.69, 9.17) is 0 Å². The maximum atomic E-state index is 12.0. The van der Waals surface area contributed by atoms with Crippen molar-refractivity contribution in [2.45, 2.75) is 6.92 Å². The number of ketones is 1. The molecule has 0 saturated heterocycles. The van der Waals surface area contributed by atoms with Gasteiger partial charge in [0, 0.05) is 19.2 Å². The highest BCUT2D eigenvalue weighted by Crippen LogP contribution is 2.18. The lowest BCUT2D eigenvalue weighted by Gasteiger charge is -2.19. The first kappa shape index (κ1) is 14.7. The minimum Gasteiger partial charge on any atom is -0.319 e. The van der Waals surface area contributed by atoms with Crippen molar-refractivity contribution < 1.29 is 13.2 Å². The lowest BCUT2D eigenvalue weighted by Crippen LogP contribution is -2.32. The normalized spacial score (nSPS) is 11.3. The molecule has 18 heavy (non-hydrogen) atoms. The summed E-state index contributed by atoms with van der Waals surface area (Å²) in [6.07, 6.45) is 0. The fraction of sp³-hybridized carbons (Fsp3) is 0.417. The van der Waals surface area contributed by atoms with Crippen LogP contribution >= 0.6 is 0 Å². The second-order valence-corrected chi connectivity index (χ2v) is 6.11. The van der Waals surface area contributed by atoms with E-state index < -0.39 is 10.0 Å². The molecular formula is C12H18N2O3S. The van der Waals surface area contributed by atoms with Crippen LogP contribution in [0.25, 0.3) is 0 Å². The highest BCUT2D eigenvalue weighted by Gasteiger charge is 2.18. The van der Waals surface area contributed by atoms with Crippen molar-refractivity contribution in [1.82, 2.24) is 5.32 Å². The Morgan fingerprint density at radius 3 is 2.61 bits per heavy atom. The number of sulfonamides is 1.